The molecule has 59 heavy (non-hydrogen) atoms. The number of nitrogens with zero attached hydrogens (tertiary/aromatic N) is 4. The first kappa shape index (κ1) is 33.9. The van der Waals surface area contributed by atoms with Crippen LogP contribution in [0.1, 0.15) is 25.0 Å². The summed E-state index contributed by atoms with van der Waals surface area (Å²) in [5, 5.41) is 4.72. The molecule has 0 aliphatic heterocycles. The molecule has 12 rings (SSSR count). The molecule has 0 fully saturated rings. The van der Waals surface area contributed by atoms with Crippen molar-refractivity contribution in [2.75, 3.05) is 0 Å². The molecule has 0 saturated carbocycles. The first-order chi connectivity index (χ1) is 29.0. The number of thiophene rings is 1. The molecule has 0 saturated heterocycles. The average Bonchev–Trinajstić information content (AvgIpc) is 3.91. The third-order valence-corrected chi connectivity index (χ3v) is 13.4. The molecular formula is C54H36N4S. The van der Waals surface area contributed by atoms with E-state index in [0.717, 1.165) is 44.4 Å². The van der Waals surface area contributed by atoms with E-state index in [1.807, 2.05) is 0 Å². The van der Waals surface area contributed by atoms with Gasteiger partial charge in [-0.05, 0) is 93.0 Å². The standard InChI is InChI=1S/C54H36N4S/c1-54(2)44-24-12-9-20-38(44)42-31-43-39-21-10-13-25-46(39)58(47(43)32-45(42)54)53-56-51(55-52(57-53)41-23-15-27-49-50(41)40-22-11-14-26-48(40)59-49)37-29-35(33-16-5-3-6-17-33)28-36(30-37)34-18-7-4-8-19-34/h3-32H,1-2H3. The van der Waals surface area contributed by atoms with Gasteiger partial charge in [0, 0.05) is 47.5 Å². The van der Waals surface area contributed by atoms with Gasteiger partial charge in [-0.15, -0.1) is 11.3 Å². The minimum absolute atomic E-state index is 0.168. The van der Waals surface area contributed by atoms with E-state index < -0.39 is 0 Å². The number of aromatic nitrogens is 4. The summed E-state index contributed by atoms with van der Waals surface area (Å²) in [7, 11) is 0. The fraction of sp³-hybridized carbons (Fsp3) is 0.0556. The van der Waals surface area contributed by atoms with E-state index in [4.69, 9.17) is 15.0 Å². The van der Waals surface area contributed by atoms with Crippen molar-refractivity contribution in [1.29, 1.82) is 0 Å². The molecule has 278 valence electrons. The number of para-hydroxylation sites is 1. The lowest BCUT2D eigenvalue weighted by Gasteiger charge is -2.21. The highest BCUT2D eigenvalue weighted by atomic mass is 32.1. The van der Waals surface area contributed by atoms with Gasteiger partial charge in [0.2, 0.25) is 5.95 Å². The van der Waals surface area contributed by atoms with Gasteiger partial charge in [-0.1, -0.05) is 147 Å². The van der Waals surface area contributed by atoms with Crippen LogP contribution in [0.2, 0.25) is 0 Å². The summed E-state index contributed by atoms with van der Waals surface area (Å²) in [6.07, 6.45) is 0. The van der Waals surface area contributed by atoms with Crippen LogP contribution in [0.3, 0.4) is 0 Å². The minimum atomic E-state index is -0.168. The summed E-state index contributed by atoms with van der Waals surface area (Å²) in [6, 6.07) is 65.3. The Labute approximate surface area is 345 Å². The first-order valence-electron chi connectivity index (χ1n) is 20.1. The van der Waals surface area contributed by atoms with Crippen LogP contribution in [0.25, 0.3) is 104 Å². The maximum Gasteiger partial charge on any atom is 0.238 e. The molecule has 8 aromatic carbocycles. The summed E-state index contributed by atoms with van der Waals surface area (Å²) >= 11 is 1.81. The Morgan fingerprint density at radius 1 is 0.407 bits per heavy atom. The quantitative estimate of drug-likeness (QED) is 0.175. The SMILES string of the molecule is CC1(C)c2ccccc2-c2cc3c4ccccc4n(-c4nc(-c5cc(-c6ccccc6)cc(-c6ccccc6)c5)nc(-c5cccc6sc7ccccc7c56)n4)c3cc21. The fourth-order valence-electron chi connectivity index (χ4n) is 9.41. The molecule has 3 heterocycles. The van der Waals surface area contributed by atoms with Crippen molar-refractivity contribution >= 4 is 53.3 Å². The Bertz CT molecular complexity index is 3410. The van der Waals surface area contributed by atoms with Crippen LogP contribution in [0.4, 0.5) is 0 Å². The lowest BCUT2D eigenvalue weighted by Crippen LogP contribution is -2.15. The van der Waals surface area contributed by atoms with Crippen molar-refractivity contribution in [2.24, 2.45) is 0 Å². The molecule has 0 radical (unpaired) electrons. The Morgan fingerprint density at radius 2 is 1.02 bits per heavy atom. The van der Waals surface area contributed by atoms with E-state index in [0.29, 0.717) is 17.6 Å². The Morgan fingerprint density at radius 3 is 1.80 bits per heavy atom. The molecule has 0 bridgehead atoms. The third kappa shape index (κ3) is 5.25. The van der Waals surface area contributed by atoms with Crippen molar-refractivity contribution in [2.45, 2.75) is 19.3 Å². The molecule has 4 nitrogen and oxygen atoms in total. The lowest BCUT2D eigenvalue weighted by atomic mass is 9.82. The largest absolute Gasteiger partial charge is 0.278 e. The maximum atomic E-state index is 5.48. The first-order valence-corrected chi connectivity index (χ1v) is 20.9. The number of rotatable bonds is 5. The Kier molecular flexibility index (Phi) is 7.41. The van der Waals surface area contributed by atoms with Gasteiger partial charge in [-0.3, -0.25) is 4.57 Å². The minimum Gasteiger partial charge on any atom is -0.278 e. The van der Waals surface area contributed by atoms with Crippen LogP contribution in [0.5, 0.6) is 0 Å². The van der Waals surface area contributed by atoms with E-state index in [2.05, 4.69) is 200 Å². The molecule has 0 atom stereocenters. The van der Waals surface area contributed by atoms with Crippen molar-refractivity contribution in [1.82, 2.24) is 19.5 Å². The van der Waals surface area contributed by atoms with Crippen molar-refractivity contribution in [3.8, 4) is 62.1 Å². The summed E-state index contributed by atoms with van der Waals surface area (Å²) in [6.45, 7) is 4.68. The lowest BCUT2D eigenvalue weighted by molar-refractivity contribution is 0.661. The van der Waals surface area contributed by atoms with Gasteiger partial charge in [-0.2, -0.15) is 9.97 Å². The second-order valence-corrected chi connectivity index (χ2v) is 17.1. The van der Waals surface area contributed by atoms with Crippen LogP contribution in [0.15, 0.2) is 182 Å². The molecule has 1 aliphatic carbocycles. The molecule has 1 aliphatic rings. The van der Waals surface area contributed by atoms with Crippen LogP contribution < -0.4 is 0 Å². The van der Waals surface area contributed by atoms with Gasteiger partial charge in [0.15, 0.2) is 11.6 Å². The van der Waals surface area contributed by atoms with E-state index in [9.17, 15) is 0 Å². The van der Waals surface area contributed by atoms with Gasteiger partial charge < -0.3 is 0 Å². The van der Waals surface area contributed by atoms with Gasteiger partial charge in [0.25, 0.3) is 0 Å². The Balaban J connectivity index is 1.17. The molecule has 0 spiro atoms. The number of benzene rings is 8. The molecule has 3 aromatic heterocycles. The van der Waals surface area contributed by atoms with E-state index in [-0.39, 0.29) is 5.41 Å². The molecule has 0 unspecified atom stereocenters. The van der Waals surface area contributed by atoms with Crippen LogP contribution in [0, 0.1) is 0 Å². The predicted octanol–water partition coefficient (Wildman–Crippen LogP) is 14.3. The van der Waals surface area contributed by atoms with Crippen molar-refractivity contribution in [3.63, 3.8) is 0 Å². The van der Waals surface area contributed by atoms with Crippen molar-refractivity contribution in [3.05, 3.63) is 193 Å². The number of hydrogen-bond acceptors (Lipinski definition) is 4. The monoisotopic (exact) mass is 772 g/mol. The summed E-state index contributed by atoms with van der Waals surface area (Å²) < 4.78 is 4.72. The van der Waals surface area contributed by atoms with Crippen molar-refractivity contribution < 1.29 is 0 Å². The Hall–Kier alpha value is -7.21. The van der Waals surface area contributed by atoms with E-state index in [1.165, 1.54) is 53.2 Å². The highest BCUT2D eigenvalue weighted by molar-refractivity contribution is 7.25. The zero-order valence-electron chi connectivity index (χ0n) is 32.5. The third-order valence-electron chi connectivity index (χ3n) is 12.2. The molecule has 11 aromatic rings. The van der Waals surface area contributed by atoms with Gasteiger partial charge in [0.05, 0.1) is 11.0 Å². The highest BCUT2D eigenvalue weighted by Crippen LogP contribution is 2.51. The van der Waals surface area contributed by atoms with Gasteiger partial charge in [0.1, 0.15) is 0 Å². The van der Waals surface area contributed by atoms with Gasteiger partial charge in [-0.25, -0.2) is 4.98 Å². The molecule has 0 N–H and O–H groups in total. The molecule has 5 heteroatoms. The topological polar surface area (TPSA) is 43.6 Å². The number of hydrogen-bond donors (Lipinski definition) is 0. The second-order valence-electron chi connectivity index (χ2n) is 16.0. The summed E-state index contributed by atoms with van der Waals surface area (Å²) in [5.41, 5.74) is 13.6. The van der Waals surface area contributed by atoms with Crippen LogP contribution in [-0.2, 0) is 5.41 Å². The van der Waals surface area contributed by atoms with E-state index in [1.54, 1.807) is 11.3 Å². The van der Waals surface area contributed by atoms with Gasteiger partial charge >= 0.3 is 0 Å². The number of fused-ring (bicyclic) bond motifs is 9. The summed E-state index contributed by atoms with van der Waals surface area (Å²) in [4.78, 5) is 16.4. The maximum absolute atomic E-state index is 5.48. The molecular weight excluding hydrogens is 737 g/mol. The van der Waals surface area contributed by atoms with Crippen LogP contribution in [-0.4, -0.2) is 19.5 Å². The summed E-state index contributed by atoms with van der Waals surface area (Å²) in [5.74, 6) is 1.86. The highest BCUT2D eigenvalue weighted by Gasteiger charge is 2.36. The van der Waals surface area contributed by atoms with E-state index >= 15 is 0 Å². The zero-order chi connectivity index (χ0) is 39.2. The fourth-order valence-corrected chi connectivity index (χ4v) is 10.5. The zero-order valence-corrected chi connectivity index (χ0v) is 33.3. The molecule has 0 amide bonds. The normalized spacial score (nSPS) is 13.1. The smallest absolute Gasteiger partial charge is 0.238 e. The average molecular weight is 773 g/mol. The predicted molar refractivity (Wildman–Crippen MR) is 246 cm³/mol. The van der Waals surface area contributed by atoms with Crippen LogP contribution >= 0.6 is 11.3 Å². The second kappa shape index (κ2) is 12.9.